The van der Waals surface area contributed by atoms with Crippen molar-refractivity contribution in [2.75, 3.05) is 6.54 Å². The van der Waals surface area contributed by atoms with Crippen molar-refractivity contribution >= 4 is 0 Å². The number of likely N-dealkylation sites (N-methyl/N-ethyl adjacent to an activating group) is 1. The van der Waals surface area contributed by atoms with Crippen molar-refractivity contribution in [3.63, 3.8) is 0 Å². The number of nitrogens with one attached hydrogen (secondary N) is 1. The van der Waals surface area contributed by atoms with E-state index >= 15 is 0 Å². The van der Waals surface area contributed by atoms with Gasteiger partial charge in [0, 0.05) is 6.04 Å². The van der Waals surface area contributed by atoms with Crippen LogP contribution in [0.2, 0.25) is 0 Å². The molecule has 0 aromatic rings. The lowest BCUT2D eigenvalue weighted by Crippen LogP contribution is -2.27. The van der Waals surface area contributed by atoms with E-state index < -0.39 is 0 Å². The Morgan fingerprint density at radius 3 is 2.81 bits per heavy atom. The quantitative estimate of drug-likeness (QED) is 0.669. The van der Waals surface area contributed by atoms with E-state index in [4.69, 9.17) is 0 Å². The summed E-state index contributed by atoms with van der Waals surface area (Å²) in [5.41, 5.74) is 2.83. The molecule has 90 valence electrons. The first-order valence-corrected chi connectivity index (χ1v) is 6.41. The molecule has 0 heterocycles. The molecule has 1 aliphatic carbocycles. The molecule has 1 unspecified atom stereocenters. The van der Waals surface area contributed by atoms with Gasteiger partial charge >= 0.3 is 0 Å². The Hall–Kier alpha value is -0.820. The van der Waals surface area contributed by atoms with Crippen molar-refractivity contribution in [2.45, 2.75) is 46.1 Å². The minimum Gasteiger partial charge on any atom is -0.310 e. The molecule has 0 saturated heterocycles. The van der Waals surface area contributed by atoms with Crippen LogP contribution < -0.4 is 5.32 Å². The zero-order chi connectivity index (χ0) is 12.0. The molecule has 0 saturated carbocycles. The SMILES string of the molecule is C=C(CCC1=CCC(NCC)C=C1)C(C)C. The molecule has 1 nitrogen and oxygen atoms in total. The van der Waals surface area contributed by atoms with E-state index in [2.05, 4.69) is 50.9 Å². The van der Waals surface area contributed by atoms with Crippen molar-refractivity contribution in [1.82, 2.24) is 5.32 Å². The van der Waals surface area contributed by atoms with Gasteiger partial charge in [-0.2, -0.15) is 0 Å². The molecule has 0 amide bonds. The smallest absolute Gasteiger partial charge is 0.0287 e. The molecule has 0 fully saturated rings. The van der Waals surface area contributed by atoms with E-state index in [1.165, 1.54) is 11.1 Å². The van der Waals surface area contributed by atoms with Gasteiger partial charge in [0.1, 0.15) is 0 Å². The van der Waals surface area contributed by atoms with Crippen LogP contribution in [-0.4, -0.2) is 12.6 Å². The highest BCUT2D eigenvalue weighted by molar-refractivity contribution is 5.26. The molecule has 0 radical (unpaired) electrons. The fourth-order valence-electron chi connectivity index (χ4n) is 1.86. The van der Waals surface area contributed by atoms with Crippen LogP contribution in [0.15, 0.2) is 36.0 Å². The third-order valence-electron chi connectivity index (χ3n) is 3.19. The minimum absolute atomic E-state index is 0.544. The van der Waals surface area contributed by atoms with Gasteiger partial charge in [-0.05, 0) is 31.7 Å². The lowest BCUT2D eigenvalue weighted by molar-refractivity contribution is 0.613. The number of hydrogen-bond acceptors (Lipinski definition) is 1. The predicted octanol–water partition coefficient (Wildman–Crippen LogP) is 3.84. The molecular formula is C15H25N. The van der Waals surface area contributed by atoms with Gasteiger partial charge in [-0.1, -0.05) is 56.7 Å². The Morgan fingerprint density at radius 2 is 2.31 bits per heavy atom. The van der Waals surface area contributed by atoms with Crippen molar-refractivity contribution in [2.24, 2.45) is 5.92 Å². The molecular weight excluding hydrogens is 194 g/mol. The van der Waals surface area contributed by atoms with Gasteiger partial charge in [0.25, 0.3) is 0 Å². The Kier molecular flexibility index (Phi) is 5.54. The second-order valence-electron chi connectivity index (χ2n) is 4.85. The molecule has 1 N–H and O–H groups in total. The standard InChI is InChI=1S/C15H25N/c1-5-16-15-10-8-14(9-11-15)7-6-13(4)12(2)3/h8-10,12,15-16H,4-7,11H2,1-3H3. The third-order valence-corrected chi connectivity index (χ3v) is 3.19. The first-order chi connectivity index (χ1) is 7.63. The van der Waals surface area contributed by atoms with Gasteiger partial charge < -0.3 is 5.32 Å². The Balaban J connectivity index is 2.31. The average Bonchev–Trinajstić information content (AvgIpc) is 2.28. The molecule has 1 atom stereocenters. The summed E-state index contributed by atoms with van der Waals surface area (Å²) in [5, 5.41) is 3.44. The average molecular weight is 219 g/mol. The third kappa shape index (κ3) is 4.36. The summed E-state index contributed by atoms with van der Waals surface area (Å²) in [7, 11) is 0. The summed E-state index contributed by atoms with van der Waals surface area (Å²) in [6.07, 6.45) is 10.3. The highest BCUT2D eigenvalue weighted by Crippen LogP contribution is 2.20. The van der Waals surface area contributed by atoms with Gasteiger partial charge in [0.15, 0.2) is 0 Å². The van der Waals surface area contributed by atoms with Gasteiger partial charge in [-0.25, -0.2) is 0 Å². The minimum atomic E-state index is 0.544. The molecule has 16 heavy (non-hydrogen) atoms. The molecule has 0 bridgehead atoms. The Labute approximate surface area is 100 Å². The van der Waals surface area contributed by atoms with Crippen LogP contribution in [0, 0.1) is 5.92 Å². The van der Waals surface area contributed by atoms with Crippen molar-refractivity contribution in [3.8, 4) is 0 Å². The van der Waals surface area contributed by atoms with E-state index in [1.807, 2.05) is 0 Å². The van der Waals surface area contributed by atoms with Crippen LogP contribution in [0.1, 0.15) is 40.0 Å². The Bertz CT molecular complexity index is 284. The molecule has 0 aromatic heterocycles. The largest absolute Gasteiger partial charge is 0.310 e. The topological polar surface area (TPSA) is 12.0 Å². The number of hydrogen-bond donors (Lipinski definition) is 1. The molecule has 1 aliphatic rings. The maximum absolute atomic E-state index is 4.12. The van der Waals surface area contributed by atoms with Gasteiger partial charge in [0.05, 0.1) is 0 Å². The molecule has 0 aliphatic heterocycles. The van der Waals surface area contributed by atoms with Crippen LogP contribution in [-0.2, 0) is 0 Å². The summed E-state index contributed by atoms with van der Waals surface area (Å²) < 4.78 is 0. The zero-order valence-corrected chi connectivity index (χ0v) is 10.9. The highest BCUT2D eigenvalue weighted by Gasteiger charge is 2.07. The summed E-state index contributed by atoms with van der Waals surface area (Å²) >= 11 is 0. The van der Waals surface area contributed by atoms with Crippen LogP contribution in [0.3, 0.4) is 0 Å². The normalized spacial score (nSPS) is 20.0. The molecule has 1 heteroatoms. The first-order valence-electron chi connectivity index (χ1n) is 6.41. The maximum Gasteiger partial charge on any atom is 0.0287 e. The van der Waals surface area contributed by atoms with Crippen LogP contribution in [0.5, 0.6) is 0 Å². The van der Waals surface area contributed by atoms with E-state index in [0.29, 0.717) is 12.0 Å². The van der Waals surface area contributed by atoms with E-state index in [0.717, 1.165) is 25.8 Å². The van der Waals surface area contributed by atoms with E-state index in [-0.39, 0.29) is 0 Å². The fourth-order valence-corrected chi connectivity index (χ4v) is 1.86. The fraction of sp³-hybridized carbons (Fsp3) is 0.600. The van der Waals surface area contributed by atoms with Gasteiger partial charge in [-0.3, -0.25) is 0 Å². The van der Waals surface area contributed by atoms with E-state index in [9.17, 15) is 0 Å². The zero-order valence-electron chi connectivity index (χ0n) is 10.9. The van der Waals surface area contributed by atoms with Gasteiger partial charge in [0.2, 0.25) is 0 Å². The molecule has 0 spiro atoms. The van der Waals surface area contributed by atoms with E-state index in [1.54, 1.807) is 0 Å². The summed E-state index contributed by atoms with van der Waals surface area (Å²) in [6.45, 7) is 11.7. The number of rotatable bonds is 6. The molecule has 1 rings (SSSR count). The monoisotopic (exact) mass is 219 g/mol. The van der Waals surface area contributed by atoms with Crippen LogP contribution >= 0.6 is 0 Å². The summed E-state index contributed by atoms with van der Waals surface area (Å²) in [4.78, 5) is 0. The van der Waals surface area contributed by atoms with Crippen LogP contribution in [0.25, 0.3) is 0 Å². The number of allylic oxidation sites excluding steroid dienone is 3. The second-order valence-corrected chi connectivity index (χ2v) is 4.85. The Morgan fingerprint density at radius 1 is 1.56 bits per heavy atom. The summed E-state index contributed by atoms with van der Waals surface area (Å²) in [5.74, 6) is 0.614. The first kappa shape index (κ1) is 13.2. The lowest BCUT2D eigenvalue weighted by Gasteiger charge is -2.17. The van der Waals surface area contributed by atoms with Crippen molar-refractivity contribution in [3.05, 3.63) is 36.0 Å². The van der Waals surface area contributed by atoms with Crippen LogP contribution in [0.4, 0.5) is 0 Å². The molecule has 0 aromatic carbocycles. The highest BCUT2D eigenvalue weighted by atomic mass is 14.9. The summed E-state index contributed by atoms with van der Waals surface area (Å²) in [6, 6.07) is 0.544. The predicted molar refractivity (Wildman–Crippen MR) is 72.5 cm³/mol. The maximum atomic E-state index is 4.12. The lowest BCUT2D eigenvalue weighted by atomic mass is 9.94. The van der Waals surface area contributed by atoms with Crippen molar-refractivity contribution < 1.29 is 0 Å². The van der Waals surface area contributed by atoms with Crippen molar-refractivity contribution in [1.29, 1.82) is 0 Å². The van der Waals surface area contributed by atoms with Gasteiger partial charge in [-0.15, -0.1) is 0 Å². The second kappa shape index (κ2) is 6.70.